The molecule has 3 rings (SSSR count). The third-order valence-corrected chi connectivity index (χ3v) is 4.59. The quantitative estimate of drug-likeness (QED) is 0.855. The molecule has 0 atom stereocenters. The fourth-order valence-electron chi connectivity index (χ4n) is 2.53. The van der Waals surface area contributed by atoms with E-state index in [-0.39, 0.29) is 0 Å². The van der Waals surface area contributed by atoms with Crippen LogP contribution in [0.15, 0.2) is 17.5 Å². The van der Waals surface area contributed by atoms with Crippen molar-refractivity contribution in [2.45, 2.75) is 32.2 Å². The first kappa shape index (κ1) is 11.2. The number of thiophene rings is 1. The van der Waals surface area contributed by atoms with Crippen LogP contribution in [-0.4, -0.2) is 14.8 Å². The van der Waals surface area contributed by atoms with E-state index in [2.05, 4.69) is 32.3 Å². The summed E-state index contributed by atoms with van der Waals surface area (Å²) >= 11 is 7.04. The van der Waals surface area contributed by atoms with Crippen LogP contribution in [0.4, 0.5) is 0 Å². The fourth-order valence-corrected chi connectivity index (χ4v) is 3.46. The van der Waals surface area contributed by atoms with Gasteiger partial charge in [0.2, 0.25) is 0 Å². The minimum Gasteiger partial charge on any atom is -0.299 e. The van der Waals surface area contributed by atoms with Gasteiger partial charge < -0.3 is 0 Å². The molecule has 1 aliphatic carbocycles. The molecule has 0 amide bonds. The molecule has 0 radical (unpaired) electrons. The molecule has 2 aromatic rings. The second-order valence-corrected chi connectivity index (χ2v) is 5.93. The van der Waals surface area contributed by atoms with Crippen LogP contribution in [0.5, 0.6) is 0 Å². The maximum Gasteiger partial charge on any atom is 0.195 e. The number of nitrogens with one attached hydrogen (secondary N) is 1. The number of H-pyrrole nitrogens is 1. The predicted molar refractivity (Wildman–Crippen MR) is 72.7 cm³/mol. The number of hydrogen-bond donors (Lipinski definition) is 1. The zero-order chi connectivity index (χ0) is 11.7. The van der Waals surface area contributed by atoms with E-state index in [4.69, 9.17) is 12.2 Å². The maximum absolute atomic E-state index is 5.33. The van der Waals surface area contributed by atoms with Gasteiger partial charge in [-0.25, -0.2) is 0 Å². The van der Waals surface area contributed by atoms with Crippen LogP contribution in [0.25, 0.3) is 10.7 Å². The monoisotopic (exact) mass is 265 g/mol. The molecule has 90 valence electrons. The van der Waals surface area contributed by atoms with Crippen molar-refractivity contribution < 1.29 is 0 Å². The number of nitrogens with zero attached hydrogens (tertiary/aromatic N) is 2. The van der Waals surface area contributed by atoms with E-state index in [1.54, 1.807) is 11.3 Å². The highest BCUT2D eigenvalue weighted by Crippen LogP contribution is 2.29. The first-order valence-corrected chi connectivity index (χ1v) is 7.32. The van der Waals surface area contributed by atoms with Gasteiger partial charge in [0, 0.05) is 6.54 Å². The van der Waals surface area contributed by atoms with Crippen LogP contribution < -0.4 is 0 Å². The SMILES string of the molecule is S=c1[nH]nc(-c2cccs2)n1CC1CCCC1. The van der Waals surface area contributed by atoms with E-state index in [0.29, 0.717) is 0 Å². The Bertz CT molecular complexity index is 532. The Balaban J connectivity index is 1.92. The van der Waals surface area contributed by atoms with Gasteiger partial charge in [-0.15, -0.1) is 11.3 Å². The minimum atomic E-state index is 0.750. The Morgan fingerprint density at radius 1 is 1.47 bits per heavy atom. The molecule has 0 spiro atoms. The molecule has 5 heteroatoms. The van der Waals surface area contributed by atoms with E-state index in [1.165, 1.54) is 30.6 Å². The molecule has 17 heavy (non-hydrogen) atoms. The third kappa shape index (κ3) is 2.21. The average molecular weight is 265 g/mol. The molecule has 0 bridgehead atoms. The fraction of sp³-hybridized carbons (Fsp3) is 0.500. The predicted octanol–water partition coefficient (Wildman–Crippen LogP) is 3.86. The summed E-state index contributed by atoms with van der Waals surface area (Å²) in [4.78, 5) is 1.19. The number of aromatic nitrogens is 3. The highest BCUT2D eigenvalue weighted by atomic mass is 32.1. The summed E-state index contributed by atoms with van der Waals surface area (Å²) in [6.45, 7) is 1.02. The summed E-state index contributed by atoms with van der Waals surface area (Å²) in [5, 5.41) is 9.35. The number of rotatable bonds is 3. The Kier molecular flexibility index (Phi) is 3.11. The van der Waals surface area contributed by atoms with Gasteiger partial charge in [0.15, 0.2) is 10.6 Å². The Morgan fingerprint density at radius 2 is 2.29 bits per heavy atom. The maximum atomic E-state index is 5.33. The second kappa shape index (κ2) is 4.74. The molecule has 0 unspecified atom stereocenters. The molecule has 0 aromatic carbocycles. The van der Waals surface area contributed by atoms with Gasteiger partial charge in [-0.05, 0) is 42.4 Å². The Hall–Kier alpha value is -0.940. The topological polar surface area (TPSA) is 33.6 Å². The van der Waals surface area contributed by atoms with E-state index < -0.39 is 0 Å². The second-order valence-electron chi connectivity index (χ2n) is 4.59. The number of hydrogen-bond acceptors (Lipinski definition) is 3. The largest absolute Gasteiger partial charge is 0.299 e. The lowest BCUT2D eigenvalue weighted by atomic mass is 10.1. The molecule has 0 aliphatic heterocycles. The molecule has 0 saturated heterocycles. The molecule has 1 saturated carbocycles. The van der Waals surface area contributed by atoms with Crippen molar-refractivity contribution in [3.63, 3.8) is 0 Å². The summed E-state index contributed by atoms with van der Waals surface area (Å²) in [6.07, 6.45) is 5.39. The van der Waals surface area contributed by atoms with Gasteiger partial charge in [0.05, 0.1) is 4.88 Å². The van der Waals surface area contributed by atoms with Crippen molar-refractivity contribution in [2.75, 3.05) is 0 Å². The summed E-state index contributed by atoms with van der Waals surface area (Å²) in [5.74, 6) is 1.77. The molecular formula is C12H15N3S2. The van der Waals surface area contributed by atoms with Crippen molar-refractivity contribution in [3.8, 4) is 10.7 Å². The highest BCUT2D eigenvalue weighted by Gasteiger charge is 2.18. The first-order valence-electron chi connectivity index (χ1n) is 6.03. The van der Waals surface area contributed by atoms with Crippen molar-refractivity contribution in [1.82, 2.24) is 14.8 Å². The van der Waals surface area contributed by atoms with Crippen molar-refractivity contribution >= 4 is 23.6 Å². The molecule has 1 aliphatic rings. The lowest BCUT2D eigenvalue weighted by molar-refractivity contribution is 0.456. The lowest BCUT2D eigenvalue weighted by Gasteiger charge is -2.11. The van der Waals surface area contributed by atoms with Gasteiger partial charge in [0.25, 0.3) is 0 Å². The van der Waals surface area contributed by atoms with Gasteiger partial charge in [0.1, 0.15) is 0 Å². The van der Waals surface area contributed by atoms with E-state index in [0.717, 1.165) is 23.1 Å². The smallest absolute Gasteiger partial charge is 0.195 e. The van der Waals surface area contributed by atoms with E-state index in [9.17, 15) is 0 Å². The van der Waals surface area contributed by atoms with Gasteiger partial charge in [-0.1, -0.05) is 18.9 Å². The summed E-state index contributed by atoms with van der Waals surface area (Å²) < 4.78 is 2.91. The van der Waals surface area contributed by atoms with E-state index in [1.807, 2.05) is 0 Å². The van der Waals surface area contributed by atoms with Crippen molar-refractivity contribution in [3.05, 3.63) is 22.3 Å². The minimum absolute atomic E-state index is 0.750. The van der Waals surface area contributed by atoms with Crippen LogP contribution >= 0.6 is 23.6 Å². The molecule has 3 nitrogen and oxygen atoms in total. The zero-order valence-electron chi connectivity index (χ0n) is 9.56. The lowest BCUT2D eigenvalue weighted by Crippen LogP contribution is -2.08. The van der Waals surface area contributed by atoms with Crippen molar-refractivity contribution in [2.24, 2.45) is 5.92 Å². The highest BCUT2D eigenvalue weighted by molar-refractivity contribution is 7.71. The zero-order valence-corrected chi connectivity index (χ0v) is 11.2. The van der Waals surface area contributed by atoms with Gasteiger partial charge in [-0.2, -0.15) is 5.10 Å². The Labute approximate surface area is 109 Å². The summed E-state index contributed by atoms with van der Waals surface area (Å²) in [6, 6.07) is 4.15. The number of aromatic amines is 1. The third-order valence-electron chi connectivity index (χ3n) is 3.42. The Morgan fingerprint density at radius 3 is 3.00 bits per heavy atom. The average Bonchev–Trinajstić information content (AvgIpc) is 3.03. The summed E-state index contributed by atoms with van der Waals surface area (Å²) in [5.41, 5.74) is 0. The molecule has 1 N–H and O–H groups in total. The molecular weight excluding hydrogens is 250 g/mol. The summed E-state index contributed by atoms with van der Waals surface area (Å²) in [7, 11) is 0. The first-order chi connectivity index (χ1) is 8.34. The van der Waals surface area contributed by atoms with Crippen molar-refractivity contribution in [1.29, 1.82) is 0 Å². The van der Waals surface area contributed by atoms with Crippen LogP contribution in [0.2, 0.25) is 0 Å². The van der Waals surface area contributed by atoms with Gasteiger partial charge in [-0.3, -0.25) is 9.67 Å². The molecule has 2 aromatic heterocycles. The standard InChI is InChI=1S/C12H15N3S2/c16-12-14-13-11(10-6-3-7-17-10)15(12)8-9-4-1-2-5-9/h3,6-7,9H,1-2,4-5,8H2,(H,14,16). The molecule has 2 heterocycles. The van der Waals surface area contributed by atoms with Crippen LogP contribution in [-0.2, 0) is 6.54 Å². The molecule has 1 fully saturated rings. The van der Waals surface area contributed by atoms with Gasteiger partial charge >= 0.3 is 0 Å². The van der Waals surface area contributed by atoms with Crippen LogP contribution in [0.1, 0.15) is 25.7 Å². The van der Waals surface area contributed by atoms with Crippen LogP contribution in [0.3, 0.4) is 0 Å². The normalized spacial score (nSPS) is 16.7. The van der Waals surface area contributed by atoms with E-state index >= 15 is 0 Å². The van der Waals surface area contributed by atoms with Crippen LogP contribution in [0, 0.1) is 10.7 Å².